The van der Waals surface area contributed by atoms with Crippen molar-refractivity contribution in [3.63, 3.8) is 0 Å². The summed E-state index contributed by atoms with van der Waals surface area (Å²) in [5.74, 6) is 0.310. The number of likely N-dealkylation sites (tertiary alicyclic amines) is 1. The molecule has 4 rings (SSSR count). The first kappa shape index (κ1) is 16.8. The summed E-state index contributed by atoms with van der Waals surface area (Å²) in [6.45, 7) is 1.31. The van der Waals surface area contributed by atoms with Crippen LogP contribution in [-0.2, 0) is 23.1 Å². The highest BCUT2D eigenvalue weighted by molar-refractivity contribution is 5.82. The molecule has 0 aliphatic carbocycles. The van der Waals surface area contributed by atoms with Crippen LogP contribution in [0.1, 0.15) is 36.4 Å². The summed E-state index contributed by atoms with van der Waals surface area (Å²) >= 11 is 0. The maximum Gasteiger partial charge on any atom is 0.228 e. The van der Waals surface area contributed by atoms with E-state index in [1.165, 1.54) is 0 Å². The van der Waals surface area contributed by atoms with E-state index in [1.807, 2.05) is 42.5 Å². The summed E-state index contributed by atoms with van der Waals surface area (Å²) in [6, 6.07) is 5.62. The van der Waals surface area contributed by atoms with Gasteiger partial charge in [0.05, 0.1) is 18.2 Å². The lowest BCUT2D eigenvalue weighted by atomic mass is 9.75. The van der Waals surface area contributed by atoms with E-state index in [1.54, 1.807) is 10.9 Å². The van der Waals surface area contributed by atoms with Gasteiger partial charge < -0.3 is 10.2 Å². The summed E-state index contributed by atoms with van der Waals surface area (Å²) in [4.78, 5) is 30.8. The highest BCUT2D eigenvalue weighted by atomic mass is 16.2. The number of piperidine rings is 1. The summed E-state index contributed by atoms with van der Waals surface area (Å²) in [7, 11) is 1.89. The first-order valence-corrected chi connectivity index (χ1v) is 9.03. The van der Waals surface area contributed by atoms with Crippen LogP contribution in [0.3, 0.4) is 0 Å². The van der Waals surface area contributed by atoms with Crippen molar-refractivity contribution < 1.29 is 9.59 Å². The molecule has 136 valence electrons. The van der Waals surface area contributed by atoms with Crippen molar-refractivity contribution in [1.29, 1.82) is 0 Å². The van der Waals surface area contributed by atoms with Gasteiger partial charge in [0.15, 0.2) is 0 Å². The Hall–Kier alpha value is -2.70. The van der Waals surface area contributed by atoms with Gasteiger partial charge in [0, 0.05) is 50.6 Å². The second-order valence-electron chi connectivity index (χ2n) is 7.29. The number of aromatic nitrogens is 3. The van der Waals surface area contributed by atoms with Crippen LogP contribution in [0.5, 0.6) is 0 Å². The molecule has 2 aliphatic rings. The number of rotatable bonds is 3. The maximum absolute atomic E-state index is 12.6. The fourth-order valence-electron chi connectivity index (χ4n) is 4.25. The summed E-state index contributed by atoms with van der Waals surface area (Å²) in [6.07, 6.45) is 7.91. The molecule has 2 aromatic rings. The van der Waals surface area contributed by atoms with Gasteiger partial charge in [-0.25, -0.2) is 0 Å². The number of nitrogens with zero attached hydrogens (tertiary/aromatic N) is 4. The molecule has 2 aliphatic heterocycles. The van der Waals surface area contributed by atoms with Crippen LogP contribution in [0.15, 0.2) is 36.8 Å². The Morgan fingerprint density at radius 1 is 1.35 bits per heavy atom. The van der Waals surface area contributed by atoms with E-state index in [0.29, 0.717) is 25.9 Å². The Morgan fingerprint density at radius 3 is 2.81 bits per heavy atom. The molecule has 2 amide bonds. The van der Waals surface area contributed by atoms with E-state index in [0.717, 1.165) is 24.1 Å². The molecule has 2 fully saturated rings. The largest absolute Gasteiger partial charge is 0.350 e. The molecule has 0 unspecified atom stereocenters. The fourth-order valence-corrected chi connectivity index (χ4v) is 4.25. The van der Waals surface area contributed by atoms with Gasteiger partial charge in [-0.3, -0.25) is 19.3 Å². The van der Waals surface area contributed by atoms with Gasteiger partial charge in [-0.1, -0.05) is 6.07 Å². The quantitative estimate of drug-likeness (QED) is 0.893. The maximum atomic E-state index is 12.6. The van der Waals surface area contributed by atoms with E-state index in [9.17, 15) is 9.59 Å². The highest BCUT2D eigenvalue weighted by Crippen LogP contribution is 2.43. The van der Waals surface area contributed by atoms with Gasteiger partial charge in [-0.2, -0.15) is 5.10 Å². The van der Waals surface area contributed by atoms with E-state index in [4.69, 9.17) is 0 Å². The molecule has 1 N–H and O–H groups in total. The fraction of sp³-hybridized carbons (Fsp3) is 0.474. The number of pyridine rings is 1. The third kappa shape index (κ3) is 3.09. The SMILES string of the molecule is Cn1cc([C@@H]2CC(=O)NC23CCN(C(=O)Cc2ccccn2)CC3)cn1. The third-order valence-corrected chi connectivity index (χ3v) is 5.64. The normalized spacial score (nSPS) is 21.8. The van der Waals surface area contributed by atoms with Crippen LogP contribution in [0.2, 0.25) is 0 Å². The topological polar surface area (TPSA) is 80.1 Å². The van der Waals surface area contributed by atoms with Gasteiger partial charge in [0.1, 0.15) is 0 Å². The van der Waals surface area contributed by atoms with Crippen LogP contribution in [0.4, 0.5) is 0 Å². The van der Waals surface area contributed by atoms with Crippen LogP contribution in [-0.4, -0.2) is 50.1 Å². The molecular weight excluding hydrogens is 330 g/mol. The Bertz CT molecular complexity index is 808. The van der Waals surface area contributed by atoms with Crippen molar-refractivity contribution >= 4 is 11.8 Å². The van der Waals surface area contributed by atoms with Crippen molar-refractivity contribution in [2.75, 3.05) is 13.1 Å². The molecule has 4 heterocycles. The molecule has 0 saturated carbocycles. The van der Waals surface area contributed by atoms with E-state index >= 15 is 0 Å². The summed E-state index contributed by atoms with van der Waals surface area (Å²) in [5, 5.41) is 7.47. The minimum Gasteiger partial charge on any atom is -0.350 e. The minimum absolute atomic E-state index is 0.0899. The van der Waals surface area contributed by atoms with E-state index < -0.39 is 0 Å². The zero-order chi connectivity index (χ0) is 18.1. The number of carbonyl (C=O) groups is 2. The second-order valence-corrected chi connectivity index (χ2v) is 7.29. The van der Waals surface area contributed by atoms with Crippen molar-refractivity contribution in [1.82, 2.24) is 25.0 Å². The number of hydrogen-bond acceptors (Lipinski definition) is 4. The first-order valence-electron chi connectivity index (χ1n) is 9.03. The van der Waals surface area contributed by atoms with Crippen molar-refractivity contribution in [3.05, 3.63) is 48.0 Å². The van der Waals surface area contributed by atoms with Gasteiger partial charge in [-0.05, 0) is 30.5 Å². The predicted molar refractivity (Wildman–Crippen MR) is 95.2 cm³/mol. The average molecular weight is 353 g/mol. The molecule has 2 saturated heterocycles. The van der Waals surface area contributed by atoms with E-state index in [2.05, 4.69) is 15.4 Å². The second kappa shape index (κ2) is 6.55. The molecule has 1 spiro atoms. The lowest BCUT2D eigenvalue weighted by Gasteiger charge is -2.42. The van der Waals surface area contributed by atoms with E-state index in [-0.39, 0.29) is 23.3 Å². The smallest absolute Gasteiger partial charge is 0.228 e. The third-order valence-electron chi connectivity index (χ3n) is 5.64. The summed E-state index contributed by atoms with van der Waals surface area (Å²) in [5.41, 5.74) is 1.63. The van der Waals surface area contributed by atoms with Crippen molar-refractivity contribution in [3.8, 4) is 0 Å². The number of nitrogens with one attached hydrogen (secondary N) is 1. The minimum atomic E-state index is -0.262. The Kier molecular flexibility index (Phi) is 4.22. The number of aryl methyl sites for hydroxylation is 1. The zero-order valence-corrected chi connectivity index (χ0v) is 14.9. The Labute approximate surface area is 152 Å². The monoisotopic (exact) mass is 353 g/mol. The summed E-state index contributed by atoms with van der Waals surface area (Å²) < 4.78 is 1.78. The predicted octanol–water partition coefficient (Wildman–Crippen LogP) is 1.02. The van der Waals surface area contributed by atoms with Gasteiger partial charge in [0.25, 0.3) is 0 Å². The average Bonchev–Trinajstić information content (AvgIpc) is 3.19. The number of amides is 2. The Balaban J connectivity index is 1.44. The van der Waals surface area contributed by atoms with Crippen molar-refractivity contribution in [2.24, 2.45) is 7.05 Å². The number of hydrogen-bond donors (Lipinski definition) is 1. The van der Waals surface area contributed by atoms with Crippen LogP contribution in [0.25, 0.3) is 0 Å². The lowest BCUT2D eigenvalue weighted by molar-refractivity contribution is -0.132. The highest BCUT2D eigenvalue weighted by Gasteiger charge is 2.49. The molecule has 0 bridgehead atoms. The number of carbonyl (C=O) groups excluding carboxylic acids is 2. The molecule has 7 nitrogen and oxygen atoms in total. The molecule has 2 aromatic heterocycles. The molecule has 26 heavy (non-hydrogen) atoms. The molecule has 1 atom stereocenters. The molecule has 0 radical (unpaired) electrons. The standard InChI is InChI=1S/C19H23N5O2/c1-23-13-14(12-21-23)16-11-17(25)22-19(16)5-8-24(9-6-19)18(26)10-15-4-2-3-7-20-15/h2-4,7,12-13,16H,5-6,8-11H2,1H3,(H,22,25)/t16-/m0/s1. The molecular formula is C19H23N5O2. The van der Waals surface area contributed by atoms with Crippen molar-refractivity contribution in [2.45, 2.75) is 37.1 Å². The van der Waals surface area contributed by atoms with Gasteiger partial charge in [-0.15, -0.1) is 0 Å². The van der Waals surface area contributed by atoms with Gasteiger partial charge in [0.2, 0.25) is 11.8 Å². The Morgan fingerprint density at radius 2 is 2.15 bits per heavy atom. The lowest BCUT2D eigenvalue weighted by Crippen LogP contribution is -2.54. The molecule has 7 heteroatoms. The van der Waals surface area contributed by atoms with Crippen LogP contribution < -0.4 is 5.32 Å². The van der Waals surface area contributed by atoms with Gasteiger partial charge >= 0.3 is 0 Å². The van der Waals surface area contributed by atoms with Crippen LogP contribution in [0, 0.1) is 0 Å². The zero-order valence-electron chi connectivity index (χ0n) is 14.9. The first-order chi connectivity index (χ1) is 12.6. The molecule has 0 aromatic carbocycles. The van der Waals surface area contributed by atoms with Crippen LogP contribution >= 0.6 is 0 Å².